The first-order valence-corrected chi connectivity index (χ1v) is 9.18. The number of hydrogen-bond acceptors (Lipinski definition) is 3. The van der Waals surface area contributed by atoms with Gasteiger partial charge in [-0.15, -0.1) is 0 Å². The van der Waals surface area contributed by atoms with Gasteiger partial charge >= 0.3 is 0 Å². The molecule has 0 fully saturated rings. The van der Waals surface area contributed by atoms with Crippen molar-refractivity contribution in [2.24, 2.45) is 0 Å². The molecule has 0 bridgehead atoms. The van der Waals surface area contributed by atoms with Crippen LogP contribution >= 0.6 is 8.38 Å². The molecule has 1 aromatic carbocycles. The maximum Gasteiger partial charge on any atom is 0.174 e. The van der Waals surface area contributed by atoms with E-state index in [0.29, 0.717) is 12.4 Å². The van der Waals surface area contributed by atoms with Crippen LogP contribution in [0.25, 0.3) is 0 Å². The van der Waals surface area contributed by atoms with E-state index in [9.17, 15) is 5.11 Å². The van der Waals surface area contributed by atoms with Crippen molar-refractivity contribution in [1.29, 1.82) is 0 Å². The molecule has 1 atom stereocenters. The highest BCUT2D eigenvalue weighted by Gasteiger charge is 2.27. The van der Waals surface area contributed by atoms with E-state index in [4.69, 9.17) is 9.05 Å². The minimum Gasteiger partial charge on any atom is -0.507 e. The molecular weight excluding hydrogens is 295 g/mol. The second-order valence-corrected chi connectivity index (χ2v) is 9.24. The van der Waals surface area contributed by atoms with Crippen LogP contribution < -0.4 is 0 Å². The SMILES string of the molecule is CCOP(Cc1cc(C(C)(C)C)c(O)c(C(C)(C)C)c1)OC. The van der Waals surface area contributed by atoms with E-state index >= 15 is 0 Å². The molecule has 3 nitrogen and oxygen atoms in total. The van der Waals surface area contributed by atoms with Crippen LogP contribution in [0.1, 0.15) is 65.2 Å². The van der Waals surface area contributed by atoms with Crippen LogP contribution in [0.3, 0.4) is 0 Å². The lowest BCUT2D eigenvalue weighted by Gasteiger charge is -2.28. The van der Waals surface area contributed by atoms with Gasteiger partial charge in [-0.1, -0.05) is 53.7 Å². The lowest BCUT2D eigenvalue weighted by molar-refractivity contribution is 0.297. The first-order valence-electron chi connectivity index (χ1n) is 7.82. The summed E-state index contributed by atoms with van der Waals surface area (Å²) < 4.78 is 11.1. The maximum absolute atomic E-state index is 10.7. The predicted octanol–water partition coefficient (Wildman–Crippen LogP) is 5.48. The van der Waals surface area contributed by atoms with E-state index in [-0.39, 0.29) is 10.8 Å². The third-order valence-corrected chi connectivity index (χ3v) is 5.15. The molecule has 0 aromatic heterocycles. The molecular formula is C18H31O3P. The molecule has 0 saturated carbocycles. The summed E-state index contributed by atoms with van der Waals surface area (Å²) in [5.74, 6) is 0.418. The predicted molar refractivity (Wildman–Crippen MR) is 94.8 cm³/mol. The Hall–Kier alpha value is -0.630. The summed E-state index contributed by atoms with van der Waals surface area (Å²) >= 11 is 0. The molecule has 0 aliphatic carbocycles. The van der Waals surface area contributed by atoms with Gasteiger partial charge in [-0.3, -0.25) is 0 Å². The van der Waals surface area contributed by atoms with Gasteiger partial charge in [0.25, 0.3) is 0 Å². The summed E-state index contributed by atoms with van der Waals surface area (Å²) in [6.07, 6.45) is 0.742. The molecule has 1 rings (SSSR count). The zero-order chi connectivity index (χ0) is 17.1. The van der Waals surface area contributed by atoms with Crippen LogP contribution in [-0.2, 0) is 26.0 Å². The van der Waals surface area contributed by atoms with Crippen LogP contribution in [0.5, 0.6) is 5.75 Å². The van der Waals surface area contributed by atoms with Gasteiger partial charge in [0.05, 0.1) is 6.61 Å². The van der Waals surface area contributed by atoms with Crippen molar-refractivity contribution in [3.05, 3.63) is 28.8 Å². The lowest BCUT2D eigenvalue weighted by atomic mass is 9.78. The number of hydrogen-bond donors (Lipinski definition) is 1. The first kappa shape index (κ1) is 19.4. The van der Waals surface area contributed by atoms with Gasteiger partial charge in [-0.05, 0) is 34.4 Å². The molecule has 126 valence electrons. The number of rotatable bonds is 5. The van der Waals surface area contributed by atoms with Crippen LogP contribution in [0.4, 0.5) is 0 Å². The summed E-state index contributed by atoms with van der Waals surface area (Å²) in [4.78, 5) is 0. The third kappa shape index (κ3) is 4.94. The van der Waals surface area contributed by atoms with Crippen molar-refractivity contribution in [2.45, 2.75) is 65.5 Å². The van der Waals surface area contributed by atoms with Gasteiger partial charge in [-0.2, -0.15) is 0 Å². The molecule has 22 heavy (non-hydrogen) atoms. The highest BCUT2D eigenvalue weighted by molar-refractivity contribution is 7.46. The average Bonchev–Trinajstić information content (AvgIpc) is 2.37. The lowest BCUT2D eigenvalue weighted by Crippen LogP contribution is -2.18. The largest absolute Gasteiger partial charge is 0.507 e. The molecule has 0 heterocycles. The van der Waals surface area contributed by atoms with E-state index in [0.717, 1.165) is 22.9 Å². The van der Waals surface area contributed by atoms with Crippen LogP contribution in [0.2, 0.25) is 0 Å². The Bertz CT molecular complexity index is 463. The summed E-state index contributed by atoms with van der Waals surface area (Å²) in [7, 11) is 0.769. The smallest absolute Gasteiger partial charge is 0.174 e. The van der Waals surface area contributed by atoms with Gasteiger partial charge in [0.1, 0.15) is 5.75 Å². The van der Waals surface area contributed by atoms with Crippen LogP contribution in [0.15, 0.2) is 12.1 Å². The Morgan fingerprint density at radius 3 is 1.77 bits per heavy atom. The molecule has 0 saturated heterocycles. The van der Waals surface area contributed by atoms with Crippen LogP contribution in [-0.4, -0.2) is 18.8 Å². The second-order valence-electron chi connectivity index (χ2n) is 7.63. The molecule has 1 unspecified atom stereocenters. The van der Waals surface area contributed by atoms with Gasteiger partial charge in [0, 0.05) is 13.3 Å². The quantitative estimate of drug-likeness (QED) is 0.728. The minimum absolute atomic E-state index is 0.110. The van der Waals surface area contributed by atoms with E-state index < -0.39 is 8.38 Å². The number of phenols is 1. The Balaban J connectivity index is 3.35. The molecule has 0 aliphatic rings. The zero-order valence-electron chi connectivity index (χ0n) is 15.3. The van der Waals surface area contributed by atoms with Crippen LogP contribution in [0, 0.1) is 0 Å². The Morgan fingerprint density at radius 2 is 1.45 bits per heavy atom. The molecule has 1 N–H and O–H groups in total. The van der Waals surface area contributed by atoms with E-state index in [1.54, 1.807) is 7.11 Å². The Labute approximate surface area is 137 Å². The number of aromatic hydroxyl groups is 1. The molecule has 0 radical (unpaired) electrons. The monoisotopic (exact) mass is 326 g/mol. The van der Waals surface area contributed by atoms with Crippen molar-refractivity contribution in [2.75, 3.05) is 13.7 Å². The standard InChI is InChI=1S/C18H31O3P/c1-9-21-22(20-8)12-13-10-14(17(2,3)4)16(19)15(11-13)18(5,6)7/h10-11,19H,9,12H2,1-8H3. The van der Waals surface area contributed by atoms with Gasteiger partial charge in [0.15, 0.2) is 8.38 Å². The van der Waals surface area contributed by atoms with Crippen molar-refractivity contribution in [3.63, 3.8) is 0 Å². The topological polar surface area (TPSA) is 38.7 Å². The normalized spacial score (nSPS) is 14.2. The number of benzene rings is 1. The molecule has 4 heteroatoms. The summed E-state index contributed by atoms with van der Waals surface area (Å²) in [5.41, 5.74) is 2.91. The van der Waals surface area contributed by atoms with Crippen molar-refractivity contribution in [1.82, 2.24) is 0 Å². The number of phenolic OH excluding ortho intramolecular Hbond substituents is 1. The third-order valence-electron chi connectivity index (χ3n) is 3.57. The molecule has 0 spiro atoms. The van der Waals surface area contributed by atoms with Crippen molar-refractivity contribution < 1.29 is 14.2 Å². The van der Waals surface area contributed by atoms with Crippen molar-refractivity contribution in [3.8, 4) is 5.75 Å². The minimum atomic E-state index is -0.923. The fourth-order valence-corrected chi connectivity index (χ4v) is 3.48. The molecule has 1 aromatic rings. The maximum atomic E-state index is 10.7. The van der Waals surface area contributed by atoms with Crippen molar-refractivity contribution >= 4 is 8.38 Å². The van der Waals surface area contributed by atoms with E-state index in [1.165, 1.54) is 0 Å². The Kier molecular flexibility index (Phi) is 6.44. The summed E-state index contributed by atoms with van der Waals surface area (Å²) in [5, 5.41) is 10.7. The average molecular weight is 326 g/mol. The van der Waals surface area contributed by atoms with E-state index in [1.807, 2.05) is 6.92 Å². The second kappa shape index (κ2) is 7.29. The fraction of sp³-hybridized carbons (Fsp3) is 0.667. The fourth-order valence-electron chi connectivity index (χ4n) is 2.38. The zero-order valence-corrected chi connectivity index (χ0v) is 16.2. The highest BCUT2D eigenvalue weighted by Crippen LogP contribution is 2.45. The summed E-state index contributed by atoms with van der Waals surface area (Å²) in [6.45, 7) is 15.4. The van der Waals surface area contributed by atoms with Gasteiger partial charge < -0.3 is 14.2 Å². The van der Waals surface area contributed by atoms with E-state index in [2.05, 4.69) is 53.7 Å². The highest BCUT2D eigenvalue weighted by atomic mass is 31.2. The molecule has 0 aliphatic heterocycles. The van der Waals surface area contributed by atoms with Gasteiger partial charge in [0.2, 0.25) is 0 Å². The Morgan fingerprint density at radius 1 is 1.00 bits per heavy atom. The first-order chi connectivity index (χ1) is 10.0. The summed E-state index contributed by atoms with van der Waals surface area (Å²) in [6, 6.07) is 4.19. The molecule has 0 amide bonds. The van der Waals surface area contributed by atoms with Gasteiger partial charge in [-0.25, -0.2) is 0 Å².